The Labute approximate surface area is 88.0 Å². The van der Waals surface area contributed by atoms with E-state index in [0.29, 0.717) is 12.4 Å². The largest absolute Gasteiger partial charge is 0.361 e. The van der Waals surface area contributed by atoms with E-state index in [1.807, 2.05) is 30.3 Å². The summed E-state index contributed by atoms with van der Waals surface area (Å²) in [5.74, 6) is 0.446. The highest BCUT2D eigenvalue weighted by Crippen LogP contribution is 2.09. The summed E-state index contributed by atoms with van der Waals surface area (Å²) in [7, 11) is 0. The van der Waals surface area contributed by atoms with Crippen LogP contribution in [0, 0.1) is 4.91 Å². The van der Waals surface area contributed by atoms with Gasteiger partial charge in [-0.2, -0.15) is 0 Å². The second-order valence-electron chi connectivity index (χ2n) is 3.21. The fourth-order valence-corrected chi connectivity index (χ4v) is 1.33. The van der Waals surface area contributed by atoms with Crippen LogP contribution in [0.1, 0.15) is 5.56 Å². The van der Waals surface area contributed by atoms with Crippen LogP contribution < -0.4 is 0 Å². The highest BCUT2D eigenvalue weighted by molar-refractivity contribution is 5.18. The molecule has 0 atom stereocenters. The summed E-state index contributed by atoms with van der Waals surface area (Å²) in [5, 5.41) is 0. The highest BCUT2D eigenvalue weighted by atomic mass is 16.3. The van der Waals surface area contributed by atoms with Gasteiger partial charge in [0, 0.05) is 6.07 Å². The fourth-order valence-electron chi connectivity index (χ4n) is 1.33. The summed E-state index contributed by atoms with van der Waals surface area (Å²) in [4.78, 5) is 15.7. The molecule has 0 spiro atoms. The van der Waals surface area contributed by atoms with Crippen LogP contribution in [-0.4, -0.2) is 9.74 Å². The standard InChI is InChI=1S/C12H11N2O/c15-14(12-8-4-5-9-13-12)10-11-6-2-1-3-7-11/h1-9H,10H2/q+1. The monoisotopic (exact) mass is 199 g/mol. The van der Waals surface area contributed by atoms with E-state index in [2.05, 4.69) is 4.98 Å². The Kier molecular flexibility index (Phi) is 2.83. The van der Waals surface area contributed by atoms with Crippen LogP contribution in [0.3, 0.4) is 0 Å². The lowest BCUT2D eigenvalue weighted by Crippen LogP contribution is -2.02. The molecule has 0 saturated carbocycles. The number of aromatic nitrogens is 1. The van der Waals surface area contributed by atoms with Crippen molar-refractivity contribution in [2.45, 2.75) is 6.54 Å². The maximum atomic E-state index is 11.7. The highest BCUT2D eigenvalue weighted by Gasteiger charge is 2.12. The molecule has 0 unspecified atom stereocenters. The van der Waals surface area contributed by atoms with Gasteiger partial charge < -0.3 is 0 Å². The first kappa shape index (κ1) is 9.52. The Balaban J connectivity index is 2.12. The maximum absolute atomic E-state index is 11.7. The molecule has 15 heavy (non-hydrogen) atoms. The molecule has 1 aromatic carbocycles. The zero-order valence-corrected chi connectivity index (χ0v) is 8.21. The van der Waals surface area contributed by atoms with Crippen molar-refractivity contribution < 1.29 is 4.76 Å². The molecule has 0 aliphatic heterocycles. The average Bonchev–Trinajstić information content (AvgIpc) is 2.31. The van der Waals surface area contributed by atoms with Crippen LogP contribution >= 0.6 is 0 Å². The molecule has 74 valence electrons. The van der Waals surface area contributed by atoms with Crippen molar-refractivity contribution in [2.75, 3.05) is 0 Å². The molecule has 1 aromatic heterocycles. The first-order chi connectivity index (χ1) is 7.36. The average molecular weight is 199 g/mol. The molecule has 0 amide bonds. The van der Waals surface area contributed by atoms with Crippen LogP contribution in [0.5, 0.6) is 0 Å². The smallest absolute Gasteiger partial charge is 0.0648 e. The lowest BCUT2D eigenvalue weighted by Gasteiger charge is -1.95. The minimum absolute atomic E-state index is 0.331. The fraction of sp³-hybridized carbons (Fsp3) is 0.0833. The van der Waals surface area contributed by atoms with Crippen molar-refractivity contribution >= 4 is 5.82 Å². The second-order valence-corrected chi connectivity index (χ2v) is 3.21. The van der Waals surface area contributed by atoms with Gasteiger partial charge in [0.05, 0.1) is 0 Å². The summed E-state index contributed by atoms with van der Waals surface area (Å²) in [6, 6.07) is 14.9. The Morgan fingerprint density at radius 1 is 1.00 bits per heavy atom. The number of rotatable bonds is 3. The SMILES string of the molecule is O=[N+](Cc1ccccc1)c1ccccn1. The van der Waals surface area contributed by atoms with Gasteiger partial charge in [0.2, 0.25) is 0 Å². The van der Waals surface area contributed by atoms with Crippen LogP contribution in [0.15, 0.2) is 54.7 Å². The third-order valence-electron chi connectivity index (χ3n) is 2.07. The van der Waals surface area contributed by atoms with E-state index in [-0.39, 0.29) is 0 Å². The van der Waals surface area contributed by atoms with Crippen molar-refractivity contribution in [2.24, 2.45) is 0 Å². The molecular formula is C12H11N2O+. The van der Waals surface area contributed by atoms with Gasteiger partial charge in [-0.1, -0.05) is 41.3 Å². The number of nitroso groups, excluding NO2 is 1. The number of pyridine rings is 1. The lowest BCUT2D eigenvalue weighted by molar-refractivity contribution is -0.484. The molecule has 0 aliphatic carbocycles. The van der Waals surface area contributed by atoms with Gasteiger partial charge in [0.25, 0.3) is 0 Å². The predicted molar refractivity (Wildman–Crippen MR) is 57.7 cm³/mol. The zero-order valence-electron chi connectivity index (χ0n) is 8.21. The van der Waals surface area contributed by atoms with Crippen molar-refractivity contribution in [3.05, 3.63) is 65.2 Å². The van der Waals surface area contributed by atoms with E-state index in [4.69, 9.17) is 0 Å². The number of nitrogens with zero attached hydrogens (tertiary/aromatic N) is 2. The van der Waals surface area contributed by atoms with Crippen molar-refractivity contribution in [1.29, 1.82) is 0 Å². The molecule has 0 fully saturated rings. The van der Waals surface area contributed by atoms with Crippen molar-refractivity contribution in [3.63, 3.8) is 0 Å². The molecule has 2 aromatic rings. The van der Waals surface area contributed by atoms with Crippen LogP contribution in [-0.2, 0) is 6.54 Å². The topological polar surface area (TPSA) is 33.0 Å². The molecule has 3 nitrogen and oxygen atoms in total. The van der Waals surface area contributed by atoms with Crippen LogP contribution in [0.4, 0.5) is 5.82 Å². The van der Waals surface area contributed by atoms with E-state index >= 15 is 0 Å². The third kappa shape index (κ3) is 2.47. The summed E-state index contributed by atoms with van der Waals surface area (Å²) in [6.45, 7) is 0.331. The van der Waals surface area contributed by atoms with E-state index in [1.165, 1.54) is 0 Å². The molecule has 0 N–H and O–H groups in total. The molecule has 2 rings (SSSR count). The van der Waals surface area contributed by atoms with Gasteiger partial charge >= 0.3 is 5.82 Å². The lowest BCUT2D eigenvalue weighted by atomic mass is 10.2. The zero-order chi connectivity index (χ0) is 10.5. The van der Waals surface area contributed by atoms with Gasteiger partial charge in [0.1, 0.15) is 6.20 Å². The molecule has 0 radical (unpaired) electrons. The van der Waals surface area contributed by atoms with Gasteiger partial charge in [-0.3, -0.25) is 0 Å². The van der Waals surface area contributed by atoms with E-state index < -0.39 is 0 Å². The summed E-state index contributed by atoms with van der Waals surface area (Å²) < 4.78 is 0.884. The van der Waals surface area contributed by atoms with E-state index in [1.54, 1.807) is 24.4 Å². The van der Waals surface area contributed by atoms with Gasteiger partial charge in [-0.15, -0.1) is 0 Å². The van der Waals surface area contributed by atoms with Crippen molar-refractivity contribution in [3.8, 4) is 0 Å². The molecular weight excluding hydrogens is 188 g/mol. The summed E-state index contributed by atoms with van der Waals surface area (Å²) >= 11 is 0. The molecule has 1 heterocycles. The van der Waals surface area contributed by atoms with Crippen LogP contribution in [0.2, 0.25) is 0 Å². The summed E-state index contributed by atoms with van der Waals surface area (Å²) in [5.41, 5.74) is 0.984. The van der Waals surface area contributed by atoms with E-state index in [9.17, 15) is 4.91 Å². The number of benzene rings is 1. The maximum Gasteiger partial charge on any atom is 0.361 e. The second kappa shape index (κ2) is 4.46. The van der Waals surface area contributed by atoms with Gasteiger partial charge in [-0.25, -0.2) is 0 Å². The molecule has 0 bridgehead atoms. The third-order valence-corrected chi connectivity index (χ3v) is 2.07. The Hall–Kier alpha value is -2.03. The van der Waals surface area contributed by atoms with Gasteiger partial charge in [0.15, 0.2) is 6.54 Å². The minimum atomic E-state index is 0.331. The quantitative estimate of drug-likeness (QED) is 0.712. The minimum Gasteiger partial charge on any atom is -0.0648 e. The Morgan fingerprint density at radius 2 is 1.73 bits per heavy atom. The van der Waals surface area contributed by atoms with Crippen LogP contribution in [0.25, 0.3) is 0 Å². The number of hydrogen-bond acceptors (Lipinski definition) is 2. The first-order valence-corrected chi connectivity index (χ1v) is 4.76. The van der Waals surface area contributed by atoms with E-state index in [0.717, 1.165) is 10.3 Å². The predicted octanol–water partition coefficient (Wildman–Crippen LogP) is 2.69. The molecule has 0 aliphatic rings. The number of hydrogen-bond donors (Lipinski definition) is 0. The van der Waals surface area contributed by atoms with Crippen molar-refractivity contribution in [1.82, 2.24) is 4.98 Å². The van der Waals surface area contributed by atoms with Gasteiger partial charge in [-0.05, 0) is 21.4 Å². The Bertz CT molecular complexity index is 440. The Morgan fingerprint density at radius 3 is 2.40 bits per heavy atom. The molecule has 3 heteroatoms. The normalized spacial score (nSPS) is 9.87. The molecule has 0 saturated heterocycles. The first-order valence-electron chi connectivity index (χ1n) is 4.76. The summed E-state index contributed by atoms with van der Waals surface area (Å²) in [6.07, 6.45) is 1.62.